The quantitative estimate of drug-likeness (QED) is 0.464. The number of halogens is 1. The Balaban J connectivity index is 0.00000204. The number of alkyl halides is 1. The summed E-state index contributed by atoms with van der Waals surface area (Å²) in [4.78, 5) is 11.6. The first kappa shape index (κ1) is 25.5. The number of rotatable bonds is 6. The van der Waals surface area contributed by atoms with Gasteiger partial charge in [0.25, 0.3) is 0 Å². The maximum absolute atomic E-state index is 13.0. The summed E-state index contributed by atoms with van der Waals surface area (Å²) in [5.74, 6) is 3.92. The van der Waals surface area contributed by atoms with E-state index in [9.17, 15) is 14.3 Å². The number of carbonyl (C=O) groups is 1. The van der Waals surface area contributed by atoms with Gasteiger partial charge < -0.3 is 5.11 Å². The van der Waals surface area contributed by atoms with Crippen molar-refractivity contribution >= 4 is 5.78 Å². The summed E-state index contributed by atoms with van der Waals surface area (Å²) in [7, 11) is 0. The van der Waals surface area contributed by atoms with Crippen molar-refractivity contribution in [2.24, 2.45) is 34.0 Å². The molecule has 0 saturated heterocycles. The largest absolute Gasteiger partial charge is 0.392 e. The lowest BCUT2D eigenvalue weighted by Crippen LogP contribution is -2.63. The van der Waals surface area contributed by atoms with Crippen LogP contribution >= 0.6 is 0 Å². The number of carbonyl (C=O) groups excluding carboxylic acids is 1. The molecule has 0 bridgehead atoms. The van der Waals surface area contributed by atoms with Crippen LogP contribution in [0.5, 0.6) is 0 Å². The van der Waals surface area contributed by atoms with Crippen LogP contribution in [0.4, 0.5) is 4.39 Å². The highest BCUT2D eigenvalue weighted by Gasteiger charge is 2.63. The molecule has 0 amide bonds. The fraction of sp³-hybridized carbons (Fsp3) is 0.731. The monoisotopic (exact) mass is 402 g/mol. The van der Waals surface area contributed by atoms with Gasteiger partial charge >= 0.3 is 0 Å². The topological polar surface area (TPSA) is 37.3 Å². The van der Waals surface area contributed by atoms with Crippen LogP contribution in [0, 0.1) is 59.2 Å². The van der Waals surface area contributed by atoms with Gasteiger partial charge in [-0.2, -0.15) is 0 Å². The van der Waals surface area contributed by atoms with Crippen molar-refractivity contribution in [1.29, 1.82) is 0 Å². The lowest BCUT2D eigenvalue weighted by Gasteiger charge is -2.65. The fourth-order valence-corrected chi connectivity index (χ4v) is 6.45. The molecule has 2 aliphatic rings. The minimum absolute atomic E-state index is 0.0351. The summed E-state index contributed by atoms with van der Waals surface area (Å²) in [6, 6.07) is 0. The van der Waals surface area contributed by atoms with Gasteiger partial charge in [0.15, 0.2) is 5.78 Å². The van der Waals surface area contributed by atoms with Gasteiger partial charge in [0.1, 0.15) is 0 Å². The van der Waals surface area contributed by atoms with Crippen molar-refractivity contribution < 1.29 is 14.3 Å². The van der Waals surface area contributed by atoms with E-state index >= 15 is 0 Å². The van der Waals surface area contributed by atoms with Crippen molar-refractivity contribution in [3.8, 4) is 25.2 Å². The third-order valence-corrected chi connectivity index (χ3v) is 8.07. The molecule has 2 rings (SSSR count). The summed E-state index contributed by atoms with van der Waals surface area (Å²) >= 11 is 0. The Labute approximate surface area is 177 Å². The highest BCUT2D eigenvalue weighted by Crippen LogP contribution is 2.67. The van der Waals surface area contributed by atoms with E-state index in [1.807, 2.05) is 6.08 Å². The van der Waals surface area contributed by atoms with Crippen molar-refractivity contribution in [2.75, 3.05) is 6.67 Å². The van der Waals surface area contributed by atoms with Crippen LogP contribution in [-0.4, -0.2) is 23.7 Å². The number of hydrogen-bond donors (Lipinski definition) is 1. The maximum atomic E-state index is 13.0. The lowest BCUT2D eigenvalue weighted by molar-refractivity contribution is -0.199. The van der Waals surface area contributed by atoms with E-state index < -0.39 is 6.10 Å². The zero-order valence-corrected chi connectivity index (χ0v) is 18.9. The minimum Gasteiger partial charge on any atom is -0.392 e. The molecular weight excluding hydrogens is 363 g/mol. The Morgan fingerprint density at radius 1 is 1.28 bits per heavy atom. The zero-order valence-electron chi connectivity index (χ0n) is 18.9. The molecule has 0 heterocycles. The third kappa shape index (κ3) is 4.78. The lowest BCUT2D eigenvalue weighted by atomic mass is 9.39. The van der Waals surface area contributed by atoms with Gasteiger partial charge in [-0.05, 0) is 73.7 Å². The summed E-state index contributed by atoms with van der Waals surface area (Å²) in [5.41, 5.74) is -0.763. The normalized spacial score (nSPS) is 41.7. The van der Waals surface area contributed by atoms with Crippen molar-refractivity contribution in [2.45, 2.75) is 79.2 Å². The van der Waals surface area contributed by atoms with Gasteiger partial charge in [0, 0.05) is 11.8 Å². The van der Waals surface area contributed by atoms with Crippen molar-refractivity contribution in [3.63, 3.8) is 0 Å². The summed E-state index contributed by atoms with van der Waals surface area (Å²) in [6.07, 6.45) is 21.5. The number of aliphatic hydroxyl groups is 1. The van der Waals surface area contributed by atoms with Crippen LogP contribution in [0.2, 0.25) is 0 Å². The van der Waals surface area contributed by atoms with Crippen LogP contribution in [0.15, 0.2) is 12.2 Å². The number of terminal acetylenes is 2. The summed E-state index contributed by atoms with van der Waals surface area (Å²) < 4.78 is 13.0. The van der Waals surface area contributed by atoms with Crippen molar-refractivity contribution in [1.82, 2.24) is 0 Å². The smallest absolute Gasteiger partial charge is 0.152 e. The number of fused-ring (bicyclic) bond motifs is 1. The molecule has 2 aliphatic carbocycles. The molecule has 3 heteroatoms. The molecule has 0 aliphatic heterocycles. The number of ketones is 1. The van der Waals surface area contributed by atoms with Crippen LogP contribution in [0.25, 0.3) is 0 Å². The summed E-state index contributed by atoms with van der Waals surface area (Å²) in [6.45, 7) is 10.1. The van der Waals surface area contributed by atoms with E-state index in [4.69, 9.17) is 6.42 Å². The second-order valence-corrected chi connectivity index (χ2v) is 9.98. The molecule has 0 radical (unpaired) electrons. The Hall–Kier alpha value is -1.58. The predicted octanol–water partition coefficient (Wildman–Crippen LogP) is 5.60. The first-order chi connectivity index (χ1) is 13.5. The molecule has 2 nitrogen and oxygen atoms in total. The van der Waals surface area contributed by atoms with Gasteiger partial charge in [0.05, 0.1) is 12.8 Å². The van der Waals surface area contributed by atoms with E-state index in [-0.39, 0.29) is 40.5 Å². The molecule has 1 N–H and O–H groups in total. The molecule has 0 aromatic heterocycles. The zero-order chi connectivity index (χ0) is 22.5. The second kappa shape index (κ2) is 9.95. The van der Waals surface area contributed by atoms with E-state index in [2.05, 4.69) is 46.5 Å². The Morgan fingerprint density at radius 3 is 2.41 bits per heavy atom. The van der Waals surface area contributed by atoms with Gasteiger partial charge in [-0.25, -0.2) is 0 Å². The molecule has 29 heavy (non-hydrogen) atoms. The molecule has 5 unspecified atom stereocenters. The van der Waals surface area contributed by atoms with Crippen LogP contribution in [0.1, 0.15) is 73.1 Å². The average Bonchev–Trinajstić information content (AvgIpc) is 2.66. The van der Waals surface area contributed by atoms with E-state index in [1.165, 1.54) is 0 Å². The Bertz CT molecular complexity index is 659. The average molecular weight is 403 g/mol. The fourth-order valence-electron chi connectivity index (χ4n) is 6.45. The Morgan fingerprint density at radius 2 is 1.90 bits per heavy atom. The van der Waals surface area contributed by atoms with Crippen LogP contribution in [0.3, 0.4) is 0 Å². The molecule has 0 aromatic carbocycles. The minimum atomic E-state index is -0.491. The van der Waals surface area contributed by atoms with Gasteiger partial charge in [-0.1, -0.05) is 33.8 Å². The Kier molecular flexibility index (Phi) is 8.74. The third-order valence-electron chi connectivity index (χ3n) is 8.07. The molecule has 2 saturated carbocycles. The predicted molar refractivity (Wildman–Crippen MR) is 119 cm³/mol. The molecule has 0 spiro atoms. The molecule has 7 atom stereocenters. The van der Waals surface area contributed by atoms with Gasteiger partial charge in [0.2, 0.25) is 0 Å². The number of allylic oxidation sites excluding steroid dienone is 2. The van der Waals surface area contributed by atoms with Crippen LogP contribution in [-0.2, 0) is 4.79 Å². The first-order valence-corrected chi connectivity index (χ1v) is 10.7. The maximum Gasteiger partial charge on any atom is 0.152 e. The standard InChI is InChI=1S/C24H37FO2.C2H2/c1-7-9-19-20-14-17(2)15-23(5,12-10-18(3)26)24(20,6)21(27)16-22(19,4)11-8-13-25;1-2/h1,10,12,17,19-21,27H,8-9,11,13-16H2,2-6H3;1-2H/b12-10-;/t17-,19?,20?,21?,22?,23?,24+;/m0./s1. The van der Waals surface area contributed by atoms with Gasteiger partial charge in [-0.15, -0.1) is 25.2 Å². The number of aliphatic hydroxyl groups excluding tert-OH is 1. The van der Waals surface area contributed by atoms with Gasteiger partial charge in [-0.3, -0.25) is 9.18 Å². The highest BCUT2D eigenvalue weighted by molar-refractivity contribution is 5.87. The van der Waals surface area contributed by atoms with Crippen LogP contribution < -0.4 is 0 Å². The summed E-state index contributed by atoms with van der Waals surface area (Å²) in [5, 5.41) is 11.4. The molecule has 0 aromatic rings. The molecule has 162 valence electrons. The van der Waals surface area contributed by atoms with E-state index in [0.29, 0.717) is 25.2 Å². The van der Waals surface area contributed by atoms with E-state index in [1.54, 1.807) is 13.0 Å². The highest BCUT2D eigenvalue weighted by atomic mass is 19.1. The number of hydrogen-bond acceptors (Lipinski definition) is 2. The van der Waals surface area contributed by atoms with E-state index in [0.717, 1.165) is 19.3 Å². The second-order valence-electron chi connectivity index (χ2n) is 9.98. The molecular formula is C26H39FO2. The first-order valence-electron chi connectivity index (χ1n) is 10.7. The SMILES string of the molecule is C#C.C#CCC1C2C[C@H](C)CC(C)(/C=C\C(C)=O)[C@@]2(C)C(O)CC1(C)CCCF. The molecule has 2 fully saturated rings. The van der Waals surface area contributed by atoms with Crippen molar-refractivity contribution in [3.05, 3.63) is 12.2 Å².